The van der Waals surface area contributed by atoms with E-state index in [1.807, 2.05) is 61.5 Å². The molecule has 3 aliphatic heterocycles. The summed E-state index contributed by atoms with van der Waals surface area (Å²) in [5.74, 6) is -2.53. The number of anilines is 2. The first kappa shape index (κ1) is 23.6. The van der Waals surface area contributed by atoms with Crippen LogP contribution < -0.4 is 15.1 Å². The Morgan fingerprint density at radius 1 is 0.973 bits per heavy atom. The minimum absolute atomic E-state index is 0.226. The van der Waals surface area contributed by atoms with Crippen LogP contribution in [-0.4, -0.2) is 30.3 Å². The van der Waals surface area contributed by atoms with Crippen molar-refractivity contribution in [1.29, 1.82) is 0 Å². The first-order valence-corrected chi connectivity index (χ1v) is 12.7. The minimum atomic E-state index is -1.35. The van der Waals surface area contributed by atoms with Crippen molar-refractivity contribution in [2.45, 2.75) is 24.9 Å². The van der Waals surface area contributed by atoms with Gasteiger partial charge >= 0.3 is 0 Å². The molecule has 0 saturated carbocycles. The molecule has 37 heavy (non-hydrogen) atoms. The summed E-state index contributed by atoms with van der Waals surface area (Å²) in [6.07, 6.45) is 0.502. The van der Waals surface area contributed by atoms with Crippen molar-refractivity contribution < 1.29 is 14.4 Å². The Kier molecular flexibility index (Phi) is 5.55. The number of nitrogens with zero attached hydrogens (tertiary/aromatic N) is 2. The maximum atomic E-state index is 14.3. The van der Waals surface area contributed by atoms with Gasteiger partial charge in [0, 0.05) is 28.9 Å². The van der Waals surface area contributed by atoms with Gasteiger partial charge in [-0.3, -0.25) is 19.7 Å². The minimum Gasteiger partial charge on any atom is -0.306 e. The van der Waals surface area contributed by atoms with Crippen LogP contribution in [0.4, 0.5) is 11.4 Å². The van der Waals surface area contributed by atoms with E-state index in [0.29, 0.717) is 23.7 Å². The Hall–Kier alpha value is -3.74. The number of imide groups is 1. The second-order valence-electron chi connectivity index (χ2n) is 10.1. The fraction of sp³-hybridized carbons (Fsp3) is 0.233. The van der Waals surface area contributed by atoms with Crippen molar-refractivity contribution in [3.63, 3.8) is 0 Å². The number of amides is 3. The number of fused-ring (bicyclic) bond motifs is 4. The third kappa shape index (κ3) is 3.47. The largest absolute Gasteiger partial charge is 0.306 e. The third-order valence-corrected chi connectivity index (χ3v) is 7.89. The molecule has 1 spiro atoms. The van der Waals surface area contributed by atoms with Crippen LogP contribution in [0, 0.1) is 11.8 Å². The molecule has 6 rings (SSSR count). The summed E-state index contributed by atoms with van der Waals surface area (Å²) in [6.45, 7) is 6.21. The zero-order chi connectivity index (χ0) is 25.9. The van der Waals surface area contributed by atoms with Crippen LogP contribution in [0.3, 0.4) is 0 Å². The molecule has 3 heterocycles. The van der Waals surface area contributed by atoms with E-state index in [9.17, 15) is 14.4 Å². The molecule has 3 aromatic carbocycles. The molecular weight excluding hydrogens is 486 g/mol. The zero-order valence-electron chi connectivity index (χ0n) is 20.4. The van der Waals surface area contributed by atoms with Gasteiger partial charge in [0.1, 0.15) is 5.54 Å². The lowest BCUT2D eigenvalue weighted by atomic mass is 9.76. The van der Waals surface area contributed by atoms with Crippen LogP contribution in [0.2, 0.25) is 5.02 Å². The average molecular weight is 512 g/mol. The van der Waals surface area contributed by atoms with Crippen molar-refractivity contribution in [1.82, 2.24) is 5.32 Å². The molecule has 4 atom stereocenters. The van der Waals surface area contributed by atoms with E-state index in [-0.39, 0.29) is 17.7 Å². The second kappa shape index (κ2) is 8.68. The van der Waals surface area contributed by atoms with E-state index in [2.05, 4.69) is 11.9 Å². The van der Waals surface area contributed by atoms with Crippen LogP contribution in [0.15, 0.2) is 91.0 Å². The van der Waals surface area contributed by atoms with Crippen LogP contribution in [0.1, 0.15) is 18.1 Å². The van der Waals surface area contributed by atoms with Crippen LogP contribution in [0.5, 0.6) is 0 Å². The Labute approximate surface area is 220 Å². The predicted molar refractivity (Wildman–Crippen MR) is 143 cm³/mol. The lowest BCUT2D eigenvalue weighted by Gasteiger charge is -2.31. The lowest BCUT2D eigenvalue weighted by Crippen LogP contribution is -2.55. The number of hydrogen-bond acceptors (Lipinski definition) is 4. The fourth-order valence-electron chi connectivity index (χ4n) is 6.29. The van der Waals surface area contributed by atoms with Crippen molar-refractivity contribution in [3.05, 3.63) is 107 Å². The van der Waals surface area contributed by atoms with Gasteiger partial charge in [0.2, 0.25) is 11.8 Å². The van der Waals surface area contributed by atoms with E-state index >= 15 is 0 Å². The normalized spacial score (nSPS) is 26.2. The molecule has 4 unspecified atom stereocenters. The topological polar surface area (TPSA) is 69.7 Å². The lowest BCUT2D eigenvalue weighted by molar-refractivity contribution is -0.132. The molecule has 1 N–H and O–H groups in total. The van der Waals surface area contributed by atoms with Gasteiger partial charge < -0.3 is 4.90 Å². The van der Waals surface area contributed by atoms with Crippen molar-refractivity contribution >= 4 is 40.7 Å². The molecular formula is C30H26ClN3O3. The number of carbonyl (C=O) groups excluding carboxylic acids is 3. The summed E-state index contributed by atoms with van der Waals surface area (Å²) in [5.41, 5.74) is 2.38. The smallest absolute Gasteiger partial charge is 0.253 e. The Morgan fingerprint density at radius 3 is 2.43 bits per heavy atom. The van der Waals surface area contributed by atoms with E-state index < -0.39 is 23.4 Å². The SMILES string of the molecule is C=C(C)CN1C(=O)C2(NC(Cc3ccccc3)C3C(=O)N(c4cccc(Cl)c4)C(=O)C32)c2ccccc21. The highest BCUT2D eigenvalue weighted by Gasteiger charge is 2.71. The van der Waals surface area contributed by atoms with E-state index in [1.165, 1.54) is 4.90 Å². The number of rotatable bonds is 5. The number of halogens is 1. The number of benzene rings is 3. The van der Waals surface area contributed by atoms with E-state index in [4.69, 9.17) is 11.6 Å². The number of carbonyl (C=O) groups is 3. The van der Waals surface area contributed by atoms with Gasteiger partial charge in [-0.05, 0) is 43.2 Å². The van der Waals surface area contributed by atoms with Gasteiger partial charge in [-0.1, -0.05) is 78.4 Å². The van der Waals surface area contributed by atoms with Gasteiger partial charge in [0.05, 0.1) is 17.5 Å². The highest BCUT2D eigenvalue weighted by atomic mass is 35.5. The maximum absolute atomic E-state index is 14.3. The average Bonchev–Trinajstić information content (AvgIpc) is 3.44. The first-order chi connectivity index (χ1) is 17.8. The van der Waals surface area contributed by atoms with Gasteiger partial charge in [-0.2, -0.15) is 0 Å². The van der Waals surface area contributed by atoms with Crippen LogP contribution in [0.25, 0.3) is 0 Å². The van der Waals surface area contributed by atoms with Crippen LogP contribution in [-0.2, 0) is 26.3 Å². The van der Waals surface area contributed by atoms with Gasteiger partial charge in [0.15, 0.2) is 0 Å². The third-order valence-electron chi connectivity index (χ3n) is 7.66. The number of hydrogen-bond donors (Lipinski definition) is 1. The number of para-hydroxylation sites is 1. The van der Waals surface area contributed by atoms with Crippen molar-refractivity contribution in [2.75, 3.05) is 16.3 Å². The highest BCUT2D eigenvalue weighted by molar-refractivity contribution is 6.31. The monoisotopic (exact) mass is 511 g/mol. The molecule has 0 aliphatic carbocycles. The van der Waals surface area contributed by atoms with Crippen LogP contribution >= 0.6 is 11.6 Å². The van der Waals surface area contributed by atoms with Gasteiger partial charge in [0.25, 0.3) is 5.91 Å². The summed E-state index contributed by atoms with van der Waals surface area (Å²) in [7, 11) is 0. The summed E-state index contributed by atoms with van der Waals surface area (Å²) in [4.78, 5) is 45.4. The van der Waals surface area contributed by atoms with E-state index in [0.717, 1.165) is 22.4 Å². The van der Waals surface area contributed by atoms with Crippen molar-refractivity contribution in [3.8, 4) is 0 Å². The number of nitrogens with one attached hydrogen (secondary N) is 1. The summed E-state index contributed by atoms with van der Waals surface area (Å²) < 4.78 is 0. The fourth-order valence-corrected chi connectivity index (χ4v) is 6.47. The standard InChI is InChI=1S/C30H26ClN3O3/c1-18(2)17-33-24-14-7-6-13-22(24)30(29(33)37)26-25(23(32-30)15-19-9-4-3-5-10-19)27(35)34(28(26)36)21-12-8-11-20(31)16-21/h3-14,16,23,25-26,32H,1,15,17H2,2H3. The Balaban J connectivity index is 1.52. The van der Waals surface area contributed by atoms with Crippen molar-refractivity contribution in [2.24, 2.45) is 11.8 Å². The molecule has 7 heteroatoms. The summed E-state index contributed by atoms with van der Waals surface area (Å²) in [6, 6.07) is 23.7. The Bertz CT molecular complexity index is 1460. The van der Waals surface area contributed by atoms with E-state index in [1.54, 1.807) is 29.2 Å². The predicted octanol–water partition coefficient (Wildman–Crippen LogP) is 4.48. The Morgan fingerprint density at radius 2 is 1.70 bits per heavy atom. The molecule has 0 radical (unpaired) electrons. The second-order valence-corrected chi connectivity index (χ2v) is 10.5. The molecule has 3 amide bonds. The molecule has 2 saturated heterocycles. The van der Waals surface area contributed by atoms with Gasteiger partial charge in [-0.15, -0.1) is 0 Å². The zero-order valence-corrected chi connectivity index (χ0v) is 21.1. The summed E-state index contributed by atoms with van der Waals surface area (Å²) in [5, 5.41) is 3.98. The molecule has 186 valence electrons. The molecule has 6 nitrogen and oxygen atoms in total. The molecule has 0 aromatic heterocycles. The highest BCUT2D eigenvalue weighted by Crippen LogP contribution is 2.55. The first-order valence-electron chi connectivity index (χ1n) is 12.3. The quantitative estimate of drug-likeness (QED) is 0.405. The van der Waals surface area contributed by atoms with Gasteiger partial charge in [-0.25, -0.2) is 4.90 Å². The maximum Gasteiger partial charge on any atom is 0.253 e. The molecule has 3 aromatic rings. The molecule has 2 fully saturated rings. The molecule has 0 bridgehead atoms. The summed E-state index contributed by atoms with van der Waals surface area (Å²) >= 11 is 6.22. The molecule has 3 aliphatic rings.